The quantitative estimate of drug-likeness (QED) is 0.0495. The second-order valence-corrected chi connectivity index (χ2v) is 12.8. The number of rotatable bonds is 11. The zero-order valence-corrected chi connectivity index (χ0v) is 27.0. The van der Waals surface area contributed by atoms with Gasteiger partial charge < -0.3 is 14.6 Å². The molecule has 232 valence electrons. The summed E-state index contributed by atoms with van der Waals surface area (Å²) in [6.07, 6.45) is 0. The minimum atomic E-state index is -0.985. The van der Waals surface area contributed by atoms with E-state index in [1.807, 2.05) is 61.5 Å². The second kappa shape index (κ2) is 14.2. The highest BCUT2D eigenvalue weighted by molar-refractivity contribution is 8.00. The van der Waals surface area contributed by atoms with Gasteiger partial charge >= 0.3 is 5.91 Å². The molecule has 0 aliphatic carbocycles. The van der Waals surface area contributed by atoms with Crippen LogP contribution in [0, 0.1) is 0 Å². The number of amides is 1. The number of hydrogen-bond acceptors (Lipinski definition) is 9. The third-order valence-electron chi connectivity index (χ3n) is 7.22. The third-order valence-corrected chi connectivity index (χ3v) is 9.69. The van der Waals surface area contributed by atoms with Crippen LogP contribution in [0.2, 0.25) is 5.02 Å². The van der Waals surface area contributed by atoms with Gasteiger partial charge in [0.1, 0.15) is 23.9 Å². The number of carbonyl (C=O) groups excluding carboxylic acids is 2. The molecule has 1 unspecified atom stereocenters. The molecule has 4 aromatic carbocycles. The molecule has 2 heterocycles. The Kier molecular flexibility index (Phi) is 9.68. The molecule has 8 nitrogen and oxygen atoms in total. The first kappa shape index (κ1) is 31.3. The Morgan fingerprint density at radius 1 is 0.913 bits per heavy atom. The largest absolute Gasteiger partial charge is 0.507 e. The molecule has 0 radical (unpaired) electrons. The molecular formula is C35H28ClN3O5S2. The summed E-state index contributed by atoms with van der Waals surface area (Å²) >= 11 is 8.94. The molecule has 1 aromatic heterocycles. The Balaban J connectivity index is 1.37. The van der Waals surface area contributed by atoms with Crippen LogP contribution in [0.4, 0.5) is 5.13 Å². The Hall–Kier alpha value is -4.64. The molecule has 1 aliphatic rings. The van der Waals surface area contributed by atoms with Gasteiger partial charge in [0.25, 0.3) is 5.78 Å². The number of anilines is 1. The molecule has 0 bridgehead atoms. The Bertz CT molecular complexity index is 1900. The molecule has 1 atom stereocenters. The maximum absolute atomic E-state index is 13.7. The van der Waals surface area contributed by atoms with Crippen molar-refractivity contribution in [3.63, 3.8) is 0 Å². The highest BCUT2D eigenvalue weighted by atomic mass is 35.5. The van der Waals surface area contributed by atoms with E-state index in [2.05, 4.69) is 10.2 Å². The van der Waals surface area contributed by atoms with Gasteiger partial charge in [-0.05, 0) is 66.1 Å². The number of aromatic nitrogens is 2. The Morgan fingerprint density at radius 2 is 1.67 bits per heavy atom. The summed E-state index contributed by atoms with van der Waals surface area (Å²) < 4.78 is 12.2. The van der Waals surface area contributed by atoms with Crippen molar-refractivity contribution in [3.05, 3.63) is 136 Å². The molecule has 1 N–H and O–H groups in total. The molecule has 5 aromatic rings. The van der Waals surface area contributed by atoms with Crippen molar-refractivity contribution >= 4 is 57.3 Å². The molecule has 0 saturated carbocycles. The number of benzene rings is 4. The summed E-state index contributed by atoms with van der Waals surface area (Å²) in [6, 6.07) is 30.2. The summed E-state index contributed by atoms with van der Waals surface area (Å²) in [5.74, 6) is -0.229. The van der Waals surface area contributed by atoms with Crippen LogP contribution in [0.25, 0.3) is 5.76 Å². The van der Waals surface area contributed by atoms with Crippen LogP contribution in [-0.4, -0.2) is 33.6 Å². The predicted molar refractivity (Wildman–Crippen MR) is 181 cm³/mol. The van der Waals surface area contributed by atoms with Gasteiger partial charge in [0.2, 0.25) is 5.13 Å². The van der Waals surface area contributed by atoms with Gasteiger partial charge in [-0.3, -0.25) is 14.5 Å². The van der Waals surface area contributed by atoms with E-state index in [0.717, 1.165) is 11.1 Å². The van der Waals surface area contributed by atoms with Crippen LogP contribution < -0.4 is 14.4 Å². The lowest BCUT2D eigenvalue weighted by Crippen LogP contribution is -2.29. The van der Waals surface area contributed by atoms with E-state index < -0.39 is 17.7 Å². The normalized spacial score (nSPS) is 15.7. The number of thioether (sulfide) groups is 1. The molecule has 1 fully saturated rings. The zero-order chi connectivity index (χ0) is 32.0. The van der Waals surface area contributed by atoms with Crippen LogP contribution in [0.1, 0.15) is 35.2 Å². The minimum absolute atomic E-state index is 0.0603. The van der Waals surface area contributed by atoms with E-state index in [1.165, 1.54) is 28.0 Å². The molecular weight excluding hydrogens is 642 g/mol. The number of nitrogens with zero attached hydrogens (tertiary/aromatic N) is 3. The number of ketones is 1. The lowest BCUT2D eigenvalue weighted by atomic mass is 9.95. The van der Waals surface area contributed by atoms with Crippen molar-refractivity contribution in [3.8, 4) is 11.5 Å². The summed E-state index contributed by atoms with van der Waals surface area (Å²) in [5, 5.41) is 21.0. The summed E-state index contributed by atoms with van der Waals surface area (Å²) in [5.41, 5.74) is 2.81. The third kappa shape index (κ3) is 6.79. The van der Waals surface area contributed by atoms with Gasteiger partial charge in [0.05, 0.1) is 18.2 Å². The first-order chi connectivity index (χ1) is 22.4. The molecule has 46 heavy (non-hydrogen) atoms. The standard InChI is InChI=1S/C35H28ClN3O5S2/c1-2-43-26-17-15-23(16-18-26)31(40)29-30(24-12-8-13-27(19-24)44-20-22-9-4-3-5-10-22)39(33(42)32(29)41)34-37-38-35(46-34)45-21-25-11-6-7-14-28(25)36/h3-19,30,40H,2,20-21H2,1H3. The van der Waals surface area contributed by atoms with E-state index in [0.29, 0.717) is 51.0 Å². The van der Waals surface area contributed by atoms with Crippen molar-refractivity contribution in [2.24, 2.45) is 0 Å². The molecule has 1 saturated heterocycles. The zero-order valence-electron chi connectivity index (χ0n) is 24.6. The fourth-order valence-corrected chi connectivity index (χ4v) is 7.16. The highest BCUT2D eigenvalue weighted by Gasteiger charge is 2.48. The monoisotopic (exact) mass is 669 g/mol. The lowest BCUT2D eigenvalue weighted by molar-refractivity contribution is -0.132. The summed E-state index contributed by atoms with van der Waals surface area (Å²) in [6.45, 7) is 2.69. The number of aliphatic hydroxyl groups excluding tert-OH is 1. The van der Waals surface area contributed by atoms with E-state index >= 15 is 0 Å². The van der Waals surface area contributed by atoms with Crippen molar-refractivity contribution in [2.45, 2.75) is 29.7 Å². The first-order valence-corrected chi connectivity index (χ1v) is 16.6. The lowest BCUT2D eigenvalue weighted by Gasteiger charge is -2.23. The number of Topliss-reactive ketones (excluding diaryl/α,β-unsaturated/α-hetero) is 1. The van der Waals surface area contributed by atoms with E-state index in [-0.39, 0.29) is 16.5 Å². The molecule has 1 amide bonds. The SMILES string of the molecule is CCOc1ccc(C(O)=C2C(=O)C(=O)N(c3nnc(SCc4ccccc4Cl)s3)C2c2cccc(OCc3ccccc3)c2)cc1. The van der Waals surface area contributed by atoms with Crippen LogP contribution in [0.15, 0.2) is 113 Å². The van der Waals surface area contributed by atoms with Crippen LogP contribution >= 0.6 is 34.7 Å². The smallest absolute Gasteiger partial charge is 0.301 e. The maximum Gasteiger partial charge on any atom is 0.301 e. The minimum Gasteiger partial charge on any atom is -0.507 e. The van der Waals surface area contributed by atoms with Gasteiger partial charge in [-0.25, -0.2) is 0 Å². The van der Waals surface area contributed by atoms with Crippen molar-refractivity contribution < 1.29 is 24.2 Å². The fourth-order valence-electron chi connectivity index (χ4n) is 5.00. The van der Waals surface area contributed by atoms with Gasteiger partial charge in [0, 0.05) is 16.3 Å². The first-order valence-electron chi connectivity index (χ1n) is 14.4. The number of aliphatic hydroxyl groups is 1. The van der Waals surface area contributed by atoms with Gasteiger partial charge in [-0.15, -0.1) is 10.2 Å². The van der Waals surface area contributed by atoms with E-state index in [9.17, 15) is 14.7 Å². The average molecular weight is 670 g/mol. The Morgan fingerprint density at radius 3 is 2.43 bits per heavy atom. The van der Waals surface area contributed by atoms with Gasteiger partial charge in [-0.2, -0.15) is 0 Å². The van der Waals surface area contributed by atoms with Gasteiger partial charge in [0.15, 0.2) is 4.34 Å². The molecule has 0 spiro atoms. The number of hydrogen-bond donors (Lipinski definition) is 1. The summed E-state index contributed by atoms with van der Waals surface area (Å²) in [7, 11) is 0. The Labute approximate surface area is 279 Å². The number of ether oxygens (including phenoxy) is 2. The van der Waals surface area contributed by atoms with Crippen molar-refractivity contribution in [1.82, 2.24) is 10.2 Å². The average Bonchev–Trinajstić information content (AvgIpc) is 3.65. The summed E-state index contributed by atoms with van der Waals surface area (Å²) in [4.78, 5) is 28.7. The van der Waals surface area contributed by atoms with E-state index in [4.69, 9.17) is 21.1 Å². The molecule has 11 heteroatoms. The molecule has 1 aliphatic heterocycles. The van der Waals surface area contributed by atoms with Crippen LogP contribution in [0.3, 0.4) is 0 Å². The van der Waals surface area contributed by atoms with Gasteiger partial charge in [-0.1, -0.05) is 95.4 Å². The fraction of sp³-hybridized carbons (Fsp3) is 0.143. The topological polar surface area (TPSA) is 102 Å². The van der Waals surface area contributed by atoms with Crippen LogP contribution in [0.5, 0.6) is 11.5 Å². The van der Waals surface area contributed by atoms with Crippen molar-refractivity contribution in [2.75, 3.05) is 11.5 Å². The molecule has 6 rings (SSSR count). The van der Waals surface area contributed by atoms with Crippen molar-refractivity contribution in [1.29, 1.82) is 0 Å². The maximum atomic E-state index is 13.7. The highest BCUT2D eigenvalue weighted by Crippen LogP contribution is 2.45. The van der Waals surface area contributed by atoms with E-state index in [1.54, 1.807) is 48.5 Å². The number of carbonyl (C=O) groups is 2. The predicted octanol–water partition coefficient (Wildman–Crippen LogP) is 8.09. The number of halogens is 1. The van der Waals surface area contributed by atoms with Crippen LogP contribution in [-0.2, 0) is 21.9 Å². The second-order valence-electron chi connectivity index (χ2n) is 10.2.